The van der Waals surface area contributed by atoms with Gasteiger partial charge in [0.15, 0.2) is 5.82 Å². The molecule has 0 unspecified atom stereocenters. The summed E-state index contributed by atoms with van der Waals surface area (Å²) in [6.07, 6.45) is 1.83. The Balaban J connectivity index is 1.76. The Bertz CT molecular complexity index is 969. The highest BCUT2D eigenvalue weighted by molar-refractivity contribution is 5.58. The molecular weight excluding hydrogens is 336 g/mol. The number of rotatable bonds is 4. The van der Waals surface area contributed by atoms with Crippen LogP contribution in [0.5, 0.6) is 0 Å². The Morgan fingerprint density at radius 2 is 1.77 bits per heavy atom. The van der Waals surface area contributed by atoms with Gasteiger partial charge < -0.3 is 9.84 Å². The van der Waals surface area contributed by atoms with E-state index in [-0.39, 0.29) is 16.9 Å². The van der Waals surface area contributed by atoms with Gasteiger partial charge in [0.2, 0.25) is 0 Å². The molecule has 3 aromatic rings. The highest BCUT2D eigenvalue weighted by Gasteiger charge is 2.51. The SMILES string of the molecule is CNc1cc(C)c(C2(c3noc(-c4ccc(F)cc4F)n3)CC2)c(C)c1. The number of anilines is 1. The fourth-order valence-electron chi connectivity index (χ4n) is 3.76. The lowest BCUT2D eigenvalue weighted by Crippen LogP contribution is -2.15. The Kier molecular flexibility index (Phi) is 3.79. The molecule has 1 fully saturated rings. The largest absolute Gasteiger partial charge is 0.388 e. The van der Waals surface area contributed by atoms with Gasteiger partial charge in [-0.2, -0.15) is 4.98 Å². The van der Waals surface area contributed by atoms with Gasteiger partial charge in [0.1, 0.15) is 11.6 Å². The lowest BCUT2D eigenvalue weighted by atomic mass is 9.87. The third-order valence-corrected chi connectivity index (χ3v) is 5.07. The summed E-state index contributed by atoms with van der Waals surface area (Å²) in [7, 11) is 1.89. The van der Waals surface area contributed by atoms with Crippen LogP contribution >= 0.6 is 0 Å². The molecule has 0 saturated heterocycles. The smallest absolute Gasteiger partial charge is 0.260 e. The van der Waals surface area contributed by atoms with Crippen LogP contribution in [0.15, 0.2) is 34.9 Å². The van der Waals surface area contributed by atoms with Crippen molar-refractivity contribution in [1.29, 1.82) is 0 Å². The van der Waals surface area contributed by atoms with E-state index < -0.39 is 11.6 Å². The summed E-state index contributed by atoms with van der Waals surface area (Å²) >= 11 is 0. The van der Waals surface area contributed by atoms with E-state index in [4.69, 9.17) is 4.52 Å². The summed E-state index contributed by atoms with van der Waals surface area (Å²) in [5, 5.41) is 7.29. The normalized spacial score (nSPS) is 15.1. The third-order valence-electron chi connectivity index (χ3n) is 5.07. The first-order valence-corrected chi connectivity index (χ1v) is 8.54. The van der Waals surface area contributed by atoms with Crippen LogP contribution in [0, 0.1) is 25.5 Å². The molecule has 2 aromatic carbocycles. The number of halogens is 2. The number of hydrogen-bond acceptors (Lipinski definition) is 4. The molecule has 1 aliphatic rings. The molecule has 0 spiro atoms. The number of hydrogen-bond donors (Lipinski definition) is 1. The van der Waals surface area contributed by atoms with Crippen LogP contribution in [-0.2, 0) is 5.41 Å². The topological polar surface area (TPSA) is 51.0 Å². The second-order valence-corrected chi connectivity index (χ2v) is 6.86. The van der Waals surface area contributed by atoms with Crippen molar-refractivity contribution in [2.45, 2.75) is 32.1 Å². The van der Waals surface area contributed by atoms with Crippen molar-refractivity contribution in [3.05, 3.63) is 64.5 Å². The maximum Gasteiger partial charge on any atom is 0.260 e. The lowest BCUT2D eigenvalue weighted by molar-refractivity contribution is 0.415. The molecular formula is C20H19F2N3O. The van der Waals surface area contributed by atoms with Crippen molar-refractivity contribution in [3.63, 3.8) is 0 Å². The molecule has 6 heteroatoms. The first-order chi connectivity index (χ1) is 12.4. The van der Waals surface area contributed by atoms with E-state index in [1.54, 1.807) is 0 Å². The molecule has 0 atom stereocenters. The summed E-state index contributed by atoms with van der Waals surface area (Å²) < 4.78 is 32.5. The first-order valence-electron chi connectivity index (χ1n) is 8.54. The molecule has 0 radical (unpaired) electrons. The zero-order valence-corrected chi connectivity index (χ0v) is 14.9. The van der Waals surface area contributed by atoms with Crippen LogP contribution in [0.2, 0.25) is 0 Å². The monoisotopic (exact) mass is 355 g/mol. The predicted molar refractivity (Wildman–Crippen MR) is 95.1 cm³/mol. The number of aromatic nitrogens is 2. The maximum atomic E-state index is 14.0. The molecule has 134 valence electrons. The molecule has 4 nitrogen and oxygen atoms in total. The zero-order valence-electron chi connectivity index (χ0n) is 14.9. The van der Waals surface area contributed by atoms with Crippen LogP contribution < -0.4 is 5.32 Å². The van der Waals surface area contributed by atoms with Crippen LogP contribution in [0.4, 0.5) is 14.5 Å². The van der Waals surface area contributed by atoms with Gasteiger partial charge in [0.25, 0.3) is 5.89 Å². The average molecular weight is 355 g/mol. The van der Waals surface area contributed by atoms with Gasteiger partial charge in [0, 0.05) is 18.8 Å². The lowest BCUT2D eigenvalue weighted by Gasteiger charge is -2.19. The van der Waals surface area contributed by atoms with Gasteiger partial charge in [0.05, 0.1) is 11.0 Å². The minimum absolute atomic E-state index is 0.0749. The van der Waals surface area contributed by atoms with Crippen LogP contribution in [-0.4, -0.2) is 17.2 Å². The summed E-state index contributed by atoms with van der Waals surface area (Å²) in [5.41, 5.74) is 4.39. The molecule has 1 N–H and O–H groups in total. The summed E-state index contributed by atoms with van der Waals surface area (Å²) in [5.74, 6) is -0.720. The fraction of sp³-hybridized carbons (Fsp3) is 0.300. The van der Waals surface area contributed by atoms with E-state index >= 15 is 0 Å². The van der Waals surface area contributed by atoms with Crippen molar-refractivity contribution in [3.8, 4) is 11.5 Å². The zero-order chi connectivity index (χ0) is 18.5. The van der Waals surface area contributed by atoms with Gasteiger partial charge in [-0.1, -0.05) is 5.16 Å². The molecule has 1 aromatic heterocycles. The second-order valence-electron chi connectivity index (χ2n) is 6.86. The van der Waals surface area contributed by atoms with E-state index in [1.165, 1.54) is 17.7 Å². The molecule has 0 aliphatic heterocycles. The predicted octanol–water partition coefficient (Wildman–Crippen LogP) is 4.75. The molecule has 4 rings (SSSR count). The highest BCUT2D eigenvalue weighted by Crippen LogP contribution is 2.54. The van der Waals surface area contributed by atoms with Gasteiger partial charge in [-0.05, 0) is 67.6 Å². The van der Waals surface area contributed by atoms with Crippen molar-refractivity contribution in [2.24, 2.45) is 0 Å². The number of aryl methyl sites for hydroxylation is 2. The summed E-state index contributed by atoms with van der Waals surface area (Å²) in [6.45, 7) is 4.15. The molecule has 26 heavy (non-hydrogen) atoms. The van der Waals surface area contributed by atoms with Crippen molar-refractivity contribution < 1.29 is 13.3 Å². The van der Waals surface area contributed by atoms with Gasteiger partial charge in [-0.3, -0.25) is 0 Å². The molecule has 1 saturated carbocycles. The van der Waals surface area contributed by atoms with Crippen LogP contribution in [0.3, 0.4) is 0 Å². The van der Waals surface area contributed by atoms with E-state index in [1.807, 2.05) is 7.05 Å². The summed E-state index contributed by atoms with van der Waals surface area (Å²) in [6, 6.07) is 7.52. The van der Waals surface area contributed by atoms with Crippen molar-refractivity contribution >= 4 is 5.69 Å². The number of benzene rings is 2. The minimum Gasteiger partial charge on any atom is -0.388 e. The number of nitrogens with zero attached hydrogens (tertiary/aromatic N) is 2. The van der Waals surface area contributed by atoms with Crippen molar-refractivity contribution in [2.75, 3.05) is 12.4 Å². The maximum absolute atomic E-state index is 14.0. The first kappa shape index (κ1) is 16.7. The van der Waals surface area contributed by atoms with Crippen LogP contribution in [0.1, 0.15) is 35.4 Å². The Hall–Kier alpha value is -2.76. The number of nitrogens with one attached hydrogen (secondary N) is 1. The van der Waals surface area contributed by atoms with E-state index in [2.05, 4.69) is 41.4 Å². The molecule has 1 aliphatic carbocycles. The van der Waals surface area contributed by atoms with Gasteiger partial charge in [-0.15, -0.1) is 0 Å². The Morgan fingerprint density at radius 3 is 2.35 bits per heavy atom. The molecule has 0 amide bonds. The quantitative estimate of drug-likeness (QED) is 0.733. The van der Waals surface area contributed by atoms with Crippen LogP contribution in [0.25, 0.3) is 11.5 Å². The molecule has 0 bridgehead atoms. The minimum atomic E-state index is -0.712. The average Bonchev–Trinajstić information content (AvgIpc) is 3.22. The van der Waals surface area contributed by atoms with Crippen molar-refractivity contribution in [1.82, 2.24) is 10.1 Å². The van der Waals surface area contributed by atoms with Gasteiger partial charge in [-0.25, -0.2) is 8.78 Å². The Labute approximate surface area is 150 Å². The standard InChI is InChI=1S/C20H19F2N3O/c1-11-8-14(23-3)9-12(2)17(11)20(6-7-20)19-24-18(26-25-19)15-5-4-13(21)10-16(15)22/h4-5,8-10,23H,6-7H2,1-3H3. The summed E-state index contributed by atoms with van der Waals surface area (Å²) in [4.78, 5) is 4.45. The molecule has 1 heterocycles. The van der Waals surface area contributed by atoms with E-state index in [0.717, 1.165) is 35.7 Å². The second kappa shape index (κ2) is 5.90. The van der Waals surface area contributed by atoms with E-state index in [0.29, 0.717) is 5.82 Å². The highest BCUT2D eigenvalue weighted by atomic mass is 19.1. The van der Waals surface area contributed by atoms with E-state index in [9.17, 15) is 8.78 Å². The fourth-order valence-corrected chi connectivity index (χ4v) is 3.76. The van der Waals surface area contributed by atoms with Gasteiger partial charge >= 0.3 is 0 Å². The Morgan fingerprint density at radius 1 is 1.08 bits per heavy atom. The third kappa shape index (κ3) is 2.57.